The van der Waals surface area contributed by atoms with E-state index in [9.17, 15) is 8.42 Å². The molecule has 1 saturated heterocycles. The summed E-state index contributed by atoms with van der Waals surface area (Å²) in [4.78, 5) is 6.62. The first-order chi connectivity index (χ1) is 9.59. The largest absolute Gasteiger partial charge is 0.297 e. The number of hydrogen-bond donors (Lipinski definition) is 2. The molecule has 1 aromatic rings. The summed E-state index contributed by atoms with van der Waals surface area (Å²) in [5.74, 6) is 0. The third-order valence-electron chi connectivity index (χ3n) is 3.36. The maximum Gasteiger partial charge on any atom is 0.277 e. The third kappa shape index (κ3) is 4.82. The van der Waals surface area contributed by atoms with E-state index in [2.05, 4.69) is 19.3 Å². The molecular weight excluding hydrogens is 276 g/mol. The van der Waals surface area contributed by atoms with Crippen LogP contribution in [0.15, 0.2) is 24.4 Å². The zero-order valence-electron chi connectivity index (χ0n) is 11.7. The molecule has 1 aliphatic heterocycles. The molecule has 1 aliphatic rings. The second-order valence-corrected chi connectivity index (χ2v) is 6.52. The van der Waals surface area contributed by atoms with E-state index in [0.29, 0.717) is 6.54 Å². The Morgan fingerprint density at radius 2 is 2.10 bits per heavy atom. The van der Waals surface area contributed by atoms with Crippen LogP contribution >= 0.6 is 0 Å². The second-order valence-electron chi connectivity index (χ2n) is 4.99. The Labute approximate surface area is 120 Å². The predicted octanol–water partition coefficient (Wildman–Crippen LogP) is 0.490. The first-order valence-corrected chi connectivity index (χ1v) is 8.46. The minimum Gasteiger partial charge on any atom is -0.297 e. The van der Waals surface area contributed by atoms with Crippen LogP contribution in [-0.4, -0.2) is 44.0 Å². The monoisotopic (exact) mass is 298 g/mol. The SMILES string of the molecule is CCNS(=O)(=O)NC1CCN(Cc2ccccn2)CC1. The van der Waals surface area contributed by atoms with Crippen molar-refractivity contribution in [2.24, 2.45) is 0 Å². The van der Waals surface area contributed by atoms with Crippen LogP contribution in [0.1, 0.15) is 25.5 Å². The van der Waals surface area contributed by atoms with Crippen LogP contribution in [-0.2, 0) is 16.8 Å². The lowest BCUT2D eigenvalue weighted by Crippen LogP contribution is -2.47. The lowest BCUT2D eigenvalue weighted by atomic mass is 10.1. The van der Waals surface area contributed by atoms with Gasteiger partial charge < -0.3 is 0 Å². The molecule has 2 rings (SSSR count). The first-order valence-electron chi connectivity index (χ1n) is 6.98. The van der Waals surface area contributed by atoms with Gasteiger partial charge in [0.1, 0.15) is 0 Å². The second kappa shape index (κ2) is 7.12. The molecule has 20 heavy (non-hydrogen) atoms. The van der Waals surface area contributed by atoms with Crippen LogP contribution in [0.25, 0.3) is 0 Å². The van der Waals surface area contributed by atoms with Gasteiger partial charge in [-0.3, -0.25) is 9.88 Å². The van der Waals surface area contributed by atoms with Crippen molar-refractivity contribution in [3.05, 3.63) is 30.1 Å². The Bertz CT molecular complexity index is 498. The first kappa shape index (κ1) is 15.4. The molecule has 7 heteroatoms. The average Bonchev–Trinajstić information content (AvgIpc) is 2.42. The molecule has 0 bridgehead atoms. The molecule has 2 N–H and O–H groups in total. The smallest absolute Gasteiger partial charge is 0.277 e. The maximum atomic E-state index is 11.6. The van der Waals surface area contributed by atoms with E-state index in [1.807, 2.05) is 18.2 Å². The molecule has 0 amide bonds. The Morgan fingerprint density at radius 1 is 1.35 bits per heavy atom. The average molecular weight is 298 g/mol. The summed E-state index contributed by atoms with van der Waals surface area (Å²) in [7, 11) is -3.34. The summed E-state index contributed by atoms with van der Waals surface area (Å²) < 4.78 is 28.4. The summed E-state index contributed by atoms with van der Waals surface area (Å²) >= 11 is 0. The highest BCUT2D eigenvalue weighted by Crippen LogP contribution is 2.13. The molecule has 0 aliphatic carbocycles. The van der Waals surface area contributed by atoms with E-state index in [1.54, 1.807) is 13.1 Å². The topological polar surface area (TPSA) is 74.3 Å². The van der Waals surface area contributed by atoms with E-state index in [1.165, 1.54) is 0 Å². The number of pyridine rings is 1. The summed E-state index contributed by atoms with van der Waals surface area (Å²) in [6.45, 7) is 4.78. The molecular formula is C13H22N4O2S. The highest BCUT2D eigenvalue weighted by Gasteiger charge is 2.23. The van der Waals surface area contributed by atoms with Gasteiger partial charge in [0.25, 0.3) is 10.2 Å². The van der Waals surface area contributed by atoms with Crippen molar-refractivity contribution in [3.63, 3.8) is 0 Å². The number of nitrogens with zero attached hydrogens (tertiary/aromatic N) is 2. The highest BCUT2D eigenvalue weighted by molar-refractivity contribution is 7.87. The van der Waals surface area contributed by atoms with Crippen molar-refractivity contribution in [2.75, 3.05) is 19.6 Å². The Kier molecular flexibility index (Phi) is 5.47. The van der Waals surface area contributed by atoms with Crippen LogP contribution in [0.3, 0.4) is 0 Å². The number of likely N-dealkylation sites (tertiary alicyclic amines) is 1. The standard InChI is InChI=1S/C13H22N4O2S/c1-2-15-20(18,19)16-12-6-9-17(10-7-12)11-13-5-3-4-8-14-13/h3-5,8,12,15-16H,2,6-7,9-11H2,1H3. The fourth-order valence-electron chi connectivity index (χ4n) is 2.38. The maximum absolute atomic E-state index is 11.6. The quantitative estimate of drug-likeness (QED) is 0.801. The van der Waals surface area contributed by atoms with Crippen molar-refractivity contribution in [3.8, 4) is 0 Å². The van der Waals surface area contributed by atoms with Gasteiger partial charge in [0.2, 0.25) is 0 Å². The number of nitrogens with one attached hydrogen (secondary N) is 2. The van der Waals surface area contributed by atoms with Crippen molar-refractivity contribution in [1.82, 2.24) is 19.3 Å². The van der Waals surface area contributed by atoms with Crippen molar-refractivity contribution in [1.29, 1.82) is 0 Å². The summed E-state index contributed by atoms with van der Waals surface area (Å²) in [6, 6.07) is 5.93. The molecule has 112 valence electrons. The lowest BCUT2D eigenvalue weighted by Gasteiger charge is -2.31. The Morgan fingerprint density at radius 3 is 2.70 bits per heavy atom. The van der Waals surface area contributed by atoms with E-state index in [0.717, 1.165) is 38.2 Å². The Balaban J connectivity index is 1.78. The number of piperidine rings is 1. The highest BCUT2D eigenvalue weighted by atomic mass is 32.2. The summed E-state index contributed by atoms with van der Waals surface area (Å²) in [5, 5.41) is 0. The van der Waals surface area contributed by atoms with E-state index < -0.39 is 10.2 Å². The molecule has 1 fully saturated rings. The molecule has 0 radical (unpaired) electrons. The van der Waals surface area contributed by atoms with Gasteiger partial charge >= 0.3 is 0 Å². The van der Waals surface area contributed by atoms with E-state index in [4.69, 9.17) is 0 Å². The van der Waals surface area contributed by atoms with Gasteiger partial charge in [-0.2, -0.15) is 13.1 Å². The fraction of sp³-hybridized carbons (Fsp3) is 0.615. The Hall–Kier alpha value is -1.02. The van der Waals surface area contributed by atoms with Gasteiger partial charge in [-0.25, -0.2) is 4.72 Å². The van der Waals surface area contributed by atoms with Crippen molar-refractivity contribution in [2.45, 2.75) is 32.4 Å². The number of aromatic nitrogens is 1. The lowest BCUT2D eigenvalue weighted by molar-refractivity contribution is 0.198. The third-order valence-corrected chi connectivity index (χ3v) is 4.67. The molecule has 0 atom stereocenters. The van der Waals surface area contributed by atoms with Crippen LogP contribution in [0.5, 0.6) is 0 Å². The minimum absolute atomic E-state index is 0.0269. The van der Waals surface area contributed by atoms with Gasteiger partial charge in [0.05, 0.1) is 5.69 Å². The van der Waals surface area contributed by atoms with Crippen LogP contribution < -0.4 is 9.44 Å². The predicted molar refractivity (Wildman–Crippen MR) is 78.3 cm³/mol. The molecule has 6 nitrogen and oxygen atoms in total. The van der Waals surface area contributed by atoms with Gasteiger partial charge in [-0.15, -0.1) is 0 Å². The van der Waals surface area contributed by atoms with Crippen LogP contribution in [0, 0.1) is 0 Å². The van der Waals surface area contributed by atoms with E-state index >= 15 is 0 Å². The fourth-order valence-corrected chi connectivity index (χ4v) is 3.52. The van der Waals surface area contributed by atoms with E-state index in [-0.39, 0.29) is 6.04 Å². The van der Waals surface area contributed by atoms with Gasteiger partial charge in [-0.1, -0.05) is 13.0 Å². The van der Waals surface area contributed by atoms with Crippen molar-refractivity contribution < 1.29 is 8.42 Å². The molecule has 0 aromatic carbocycles. The molecule has 1 aromatic heterocycles. The minimum atomic E-state index is -3.34. The molecule has 2 heterocycles. The molecule has 0 spiro atoms. The number of hydrogen-bond acceptors (Lipinski definition) is 4. The summed E-state index contributed by atoms with van der Waals surface area (Å²) in [5.41, 5.74) is 1.05. The van der Waals surface area contributed by atoms with Gasteiger partial charge in [0, 0.05) is 38.4 Å². The van der Waals surface area contributed by atoms with Crippen LogP contribution in [0.4, 0.5) is 0 Å². The summed E-state index contributed by atoms with van der Waals surface area (Å²) in [6.07, 6.45) is 3.46. The zero-order valence-corrected chi connectivity index (χ0v) is 12.6. The number of rotatable bonds is 6. The van der Waals surface area contributed by atoms with Gasteiger partial charge in [0.15, 0.2) is 0 Å². The van der Waals surface area contributed by atoms with Gasteiger partial charge in [-0.05, 0) is 25.0 Å². The molecule has 0 unspecified atom stereocenters. The normalized spacial score (nSPS) is 18.2. The van der Waals surface area contributed by atoms with Crippen LogP contribution in [0.2, 0.25) is 0 Å². The zero-order chi connectivity index (χ0) is 14.4. The molecule has 0 saturated carbocycles. The van der Waals surface area contributed by atoms with Crippen molar-refractivity contribution >= 4 is 10.2 Å².